The summed E-state index contributed by atoms with van der Waals surface area (Å²) in [6.45, 7) is 0.519. The van der Waals surface area contributed by atoms with E-state index in [1.165, 1.54) is 19.2 Å². The van der Waals surface area contributed by atoms with E-state index in [1.54, 1.807) is 12.1 Å². The average molecular weight is 575 g/mol. The Labute approximate surface area is 220 Å². The normalized spacial score (nSPS) is 12.9. The van der Waals surface area contributed by atoms with Gasteiger partial charge in [0.1, 0.15) is 12.3 Å². The van der Waals surface area contributed by atoms with Gasteiger partial charge in [0.15, 0.2) is 5.69 Å². The number of aromatic nitrogens is 3. The molecule has 16 heteroatoms. The number of fused-ring (bicyclic) bond motifs is 2. The molecular formula is C24H18F7N4O5+. The van der Waals surface area contributed by atoms with Crippen molar-refractivity contribution in [1.82, 2.24) is 9.55 Å². The van der Waals surface area contributed by atoms with Gasteiger partial charge in [-0.1, -0.05) is 0 Å². The zero-order chi connectivity index (χ0) is 29.4. The summed E-state index contributed by atoms with van der Waals surface area (Å²) in [4.78, 5) is 21.9. The molecule has 0 spiro atoms. The van der Waals surface area contributed by atoms with E-state index in [9.17, 15) is 40.8 Å². The van der Waals surface area contributed by atoms with Crippen LogP contribution < -0.4 is 19.9 Å². The summed E-state index contributed by atoms with van der Waals surface area (Å²) < 4.78 is 108. The molecule has 0 unspecified atom stereocenters. The van der Waals surface area contributed by atoms with E-state index in [0.29, 0.717) is 16.2 Å². The maximum atomic E-state index is 14.7. The van der Waals surface area contributed by atoms with E-state index >= 15 is 0 Å². The number of aliphatic hydroxyl groups excluding tert-OH is 1. The first-order valence-electron chi connectivity index (χ1n) is 11.3. The van der Waals surface area contributed by atoms with E-state index in [4.69, 9.17) is 19.4 Å². The third-order valence-corrected chi connectivity index (χ3v) is 5.77. The molecule has 2 aromatic heterocycles. The van der Waals surface area contributed by atoms with Gasteiger partial charge in [0, 0.05) is 27.5 Å². The molecule has 1 aromatic carbocycles. The van der Waals surface area contributed by atoms with Crippen LogP contribution in [-0.4, -0.2) is 34.0 Å². The van der Waals surface area contributed by atoms with Crippen LogP contribution >= 0.6 is 0 Å². The molecule has 40 heavy (non-hydrogen) atoms. The third-order valence-electron chi connectivity index (χ3n) is 5.77. The van der Waals surface area contributed by atoms with Gasteiger partial charge >= 0.3 is 18.1 Å². The number of ether oxygens (including phenoxy) is 2. The van der Waals surface area contributed by atoms with E-state index in [2.05, 4.69) is 4.98 Å². The minimum absolute atomic E-state index is 0.00365. The SMILES string of the molecule is Cc1c(C#N)cc(C(F)F)cc1Oc1c(C(F)(F)C(F)(F)F)nc2n(c1=O)Cc1ccc(COCCO)c[n+]1O2. The number of rotatable bonds is 8. The Bertz CT molecular complexity index is 1550. The lowest BCUT2D eigenvalue weighted by atomic mass is 10.0. The fourth-order valence-corrected chi connectivity index (χ4v) is 3.68. The Kier molecular flexibility index (Phi) is 7.72. The molecule has 1 aliphatic rings. The molecule has 212 valence electrons. The van der Waals surface area contributed by atoms with E-state index in [1.807, 2.05) is 0 Å². The van der Waals surface area contributed by atoms with Crippen LogP contribution in [0.1, 0.15) is 40.1 Å². The van der Waals surface area contributed by atoms with E-state index in [0.717, 1.165) is 10.8 Å². The highest BCUT2D eigenvalue weighted by molar-refractivity contribution is 5.51. The number of aliphatic hydroxyl groups is 1. The molecule has 0 saturated carbocycles. The second-order valence-corrected chi connectivity index (χ2v) is 8.46. The smallest absolute Gasteiger partial charge is 0.449 e. The molecule has 0 amide bonds. The number of nitrogens with zero attached hydrogens (tertiary/aromatic N) is 4. The highest BCUT2D eigenvalue weighted by atomic mass is 19.4. The summed E-state index contributed by atoms with van der Waals surface area (Å²) in [6.07, 6.45) is -8.08. The highest BCUT2D eigenvalue weighted by Crippen LogP contribution is 2.47. The van der Waals surface area contributed by atoms with Crippen molar-refractivity contribution in [1.29, 1.82) is 5.26 Å². The van der Waals surface area contributed by atoms with Crippen molar-refractivity contribution >= 4 is 0 Å². The largest absolute Gasteiger partial charge is 0.459 e. The average Bonchev–Trinajstić information content (AvgIpc) is 2.89. The van der Waals surface area contributed by atoms with Gasteiger partial charge in [-0.25, -0.2) is 13.3 Å². The molecule has 0 saturated heterocycles. The first-order chi connectivity index (χ1) is 18.8. The van der Waals surface area contributed by atoms with Gasteiger partial charge in [-0.15, -0.1) is 0 Å². The number of nitriles is 1. The monoisotopic (exact) mass is 575 g/mol. The Balaban J connectivity index is 1.87. The number of hydrogen-bond donors (Lipinski definition) is 1. The molecule has 0 radical (unpaired) electrons. The highest BCUT2D eigenvalue weighted by Gasteiger charge is 2.62. The number of alkyl halides is 7. The summed E-state index contributed by atoms with van der Waals surface area (Å²) in [7, 11) is 0. The second-order valence-electron chi connectivity index (χ2n) is 8.46. The standard InChI is InChI=1S/C24H18F7N4O5/c1-12-15(8-32)6-14(20(25)26)7-17(12)39-18-19(23(27,28)24(29,30)31)33-22-34(21(18)37)10-16-3-2-13(9-35(16)40-22)11-38-5-4-36/h2-3,6-7,9,20,36H,4-5,10-11H2,1H3/q+1. The minimum Gasteiger partial charge on any atom is -0.449 e. The number of hydrogen-bond acceptors (Lipinski definition) is 7. The van der Waals surface area contributed by atoms with Gasteiger partial charge < -0.3 is 14.6 Å². The first kappa shape index (κ1) is 28.8. The Morgan fingerprint density at radius 3 is 2.60 bits per heavy atom. The fourth-order valence-electron chi connectivity index (χ4n) is 3.68. The Morgan fingerprint density at radius 2 is 1.98 bits per heavy atom. The van der Waals surface area contributed by atoms with Crippen molar-refractivity contribution in [3.8, 4) is 23.6 Å². The predicted molar refractivity (Wildman–Crippen MR) is 118 cm³/mol. The molecule has 0 bridgehead atoms. The van der Waals surface area contributed by atoms with Crippen molar-refractivity contribution in [2.45, 2.75) is 38.6 Å². The van der Waals surface area contributed by atoms with Crippen LogP contribution in [0.25, 0.3) is 0 Å². The number of pyridine rings is 1. The van der Waals surface area contributed by atoms with Crippen molar-refractivity contribution in [2.75, 3.05) is 13.2 Å². The van der Waals surface area contributed by atoms with Crippen molar-refractivity contribution in [3.63, 3.8) is 0 Å². The van der Waals surface area contributed by atoms with Gasteiger partial charge in [-0.05, 0) is 25.1 Å². The number of benzene rings is 1. The summed E-state index contributed by atoms with van der Waals surface area (Å²) in [5.74, 6) is -8.04. The summed E-state index contributed by atoms with van der Waals surface area (Å²) in [5.41, 5.74) is -4.34. The molecule has 0 atom stereocenters. The fraction of sp³-hybridized carbons (Fsp3) is 0.333. The summed E-state index contributed by atoms with van der Waals surface area (Å²) in [5, 5.41) is 18.1. The molecule has 1 aliphatic heterocycles. The van der Waals surface area contributed by atoms with Gasteiger partial charge in [-0.2, -0.15) is 37.0 Å². The molecular weight excluding hydrogens is 557 g/mol. The van der Waals surface area contributed by atoms with Crippen LogP contribution in [0.4, 0.5) is 30.7 Å². The third kappa shape index (κ3) is 5.29. The van der Waals surface area contributed by atoms with Crippen LogP contribution in [0.3, 0.4) is 0 Å². The maximum absolute atomic E-state index is 14.7. The Hall–Kier alpha value is -4.23. The second kappa shape index (κ2) is 10.7. The maximum Gasteiger partial charge on any atom is 0.459 e. The molecule has 3 heterocycles. The van der Waals surface area contributed by atoms with Gasteiger partial charge in [0.05, 0.1) is 31.5 Å². The predicted octanol–water partition coefficient (Wildman–Crippen LogP) is 3.81. The molecule has 3 aromatic rings. The summed E-state index contributed by atoms with van der Waals surface area (Å²) in [6, 6.07) is 5.10. The van der Waals surface area contributed by atoms with Gasteiger partial charge in [0.25, 0.3) is 17.7 Å². The van der Waals surface area contributed by atoms with Crippen LogP contribution in [0.5, 0.6) is 17.5 Å². The van der Waals surface area contributed by atoms with E-state index < -0.39 is 59.4 Å². The molecule has 1 N–H and O–H groups in total. The summed E-state index contributed by atoms with van der Waals surface area (Å²) >= 11 is 0. The zero-order valence-electron chi connectivity index (χ0n) is 20.3. The van der Waals surface area contributed by atoms with Crippen molar-refractivity contribution in [3.05, 3.63) is 74.5 Å². The number of halogens is 7. The minimum atomic E-state index is -6.24. The van der Waals surface area contributed by atoms with Crippen LogP contribution in [0.2, 0.25) is 0 Å². The topological polar surface area (TPSA) is 110 Å². The molecule has 9 nitrogen and oxygen atoms in total. The lowest BCUT2D eigenvalue weighted by Gasteiger charge is -2.23. The molecule has 0 fully saturated rings. The zero-order valence-corrected chi connectivity index (χ0v) is 20.3. The van der Waals surface area contributed by atoms with Crippen LogP contribution in [-0.2, 0) is 23.8 Å². The lowest BCUT2D eigenvalue weighted by Crippen LogP contribution is -2.51. The molecule has 4 rings (SSSR count). The van der Waals surface area contributed by atoms with Crippen molar-refractivity contribution in [2.24, 2.45) is 0 Å². The van der Waals surface area contributed by atoms with Gasteiger partial charge in [0.2, 0.25) is 11.9 Å². The quantitative estimate of drug-likeness (QED) is 0.193. The first-order valence-corrected chi connectivity index (χ1v) is 11.3. The Morgan fingerprint density at radius 1 is 1.25 bits per heavy atom. The molecule has 0 aliphatic carbocycles. The van der Waals surface area contributed by atoms with Crippen molar-refractivity contribution < 1.29 is 54.9 Å². The van der Waals surface area contributed by atoms with Crippen LogP contribution in [0.15, 0.2) is 35.3 Å². The van der Waals surface area contributed by atoms with E-state index in [-0.39, 0.29) is 36.6 Å². The van der Waals surface area contributed by atoms with Crippen LogP contribution in [0, 0.1) is 18.3 Å². The lowest BCUT2D eigenvalue weighted by molar-refractivity contribution is -0.886. The van der Waals surface area contributed by atoms with Gasteiger partial charge in [-0.3, -0.25) is 4.79 Å².